The molecule has 12 aromatic rings. The van der Waals surface area contributed by atoms with Crippen LogP contribution < -0.4 is 0 Å². The van der Waals surface area contributed by atoms with E-state index in [2.05, 4.69) is 214 Å². The van der Waals surface area contributed by atoms with Gasteiger partial charge in [0, 0.05) is 49.4 Å². The Morgan fingerprint density at radius 3 is 1.25 bits per heavy atom. The van der Waals surface area contributed by atoms with Gasteiger partial charge in [-0.2, -0.15) is 0 Å². The lowest BCUT2D eigenvalue weighted by atomic mass is 10.0. The highest BCUT2D eigenvalue weighted by Gasteiger charge is 2.19. The van der Waals surface area contributed by atoms with Gasteiger partial charge in [0.25, 0.3) is 0 Å². The summed E-state index contributed by atoms with van der Waals surface area (Å²) in [5.74, 6) is 0. The van der Waals surface area contributed by atoms with Gasteiger partial charge in [0.2, 0.25) is 0 Å². The zero-order chi connectivity index (χ0) is 36.0. The Hall–Kier alpha value is -7.36. The second-order valence-electron chi connectivity index (χ2n) is 14.6. The van der Waals surface area contributed by atoms with Crippen molar-refractivity contribution >= 4 is 76.2 Å². The standard InChI is InChI=1S/C52H33N3/c1-2-13-36-31-40(29-26-34(36)12-1)55-50-23-10-6-19-44(50)46-32-45-43-18-5-9-22-49(43)54(51(45)33-52(46)55)39-15-11-14-37(30-39)35-24-27-38(28-25-35)53-47-20-7-3-16-41(47)42-17-4-8-21-48(42)53/h1-33H. The SMILES string of the molecule is c1cc(-c2ccc(-n3c4ccccc4c4ccccc43)cc2)cc(-n2c3ccccc3c3cc4c5ccccc5n(-c5ccc6ccccc6c5)c4cc32)c1. The first kappa shape index (κ1) is 30.1. The summed E-state index contributed by atoms with van der Waals surface area (Å²) in [6, 6.07) is 73.3. The zero-order valence-corrected chi connectivity index (χ0v) is 29.9. The van der Waals surface area contributed by atoms with Gasteiger partial charge < -0.3 is 13.7 Å². The highest BCUT2D eigenvalue weighted by molar-refractivity contribution is 6.19. The van der Waals surface area contributed by atoms with Crippen LogP contribution in [0.25, 0.3) is 104 Å². The predicted molar refractivity (Wildman–Crippen MR) is 232 cm³/mol. The van der Waals surface area contributed by atoms with Gasteiger partial charge in [0.1, 0.15) is 0 Å². The van der Waals surface area contributed by atoms with Crippen LogP contribution in [-0.4, -0.2) is 13.7 Å². The quantitative estimate of drug-likeness (QED) is 0.174. The molecule has 3 nitrogen and oxygen atoms in total. The molecule has 0 spiro atoms. The summed E-state index contributed by atoms with van der Waals surface area (Å²) in [4.78, 5) is 0. The lowest BCUT2D eigenvalue weighted by Gasteiger charge is -2.13. The first-order chi connectivity index (χ1) is 27.3. The summed E-state index contributed by atoms with van der Waals surface area (Å²) in [7, 11) is 0. The van der Waals surface area contributed by atoms with Gasteiger partial charge in [-0.1, -0.05) is 127 Å². The van der Waals surface area contributed by atoms with Crippen LogP contribution in [0.15, 0.2) is 200 Å². The summed E-state index contributed by atoms with van der Waals surface area (Å²) in [6.45, 7) is 0. The molecule has 0 bridgehead atoms. The average molecular weight is 700 g/mol. The van der Waals surface area contributed by atoms with Crippen molar-refractivity contribution in [3.8, 4) is 28.2 Å². The van der Waals surface area contributed by atoms with Gasteiger partial charge >= 0.3 is 0 Å². The molecule has 0 aliphatic carbocycles. The second-order valence-corrected chi connectivity index (χ2v) is 14.6. The number of para-hydroxylation sites is 4. The van der Waals surface area contributed by atoms with Crippen LogP contribution in [0.4, 0.5) is 0 Å². The summed E-state index contributed by atoms with van der Waals surface area (Å²) < 4.78 is 7.26. The van der Waals surface area contributed by atoms with Crippen LogP contribution in [0.2, 0.25) is 0 Å². The molecule has 12 rings (SSSR count). The molecular weight excluding hydrogens is 667 g/mol. The van der Waals surface area contributed by atoms with Crippen LogP contribution in [-0.2, 0) is 0 Å². The van der Waals surface area contributed by atoms with Gasteiger partial charge in [0.05, 0.1) is 33.1 Å². The highest BCUT2D eigenvalue weighted by atomic mass is 15.0. The maximum Gasteiger partial charge on any atom is 0.0562 e. The summed E-state index contributed by atoms with van der Waals surface area (Å²) in [5, 5.41) is 10.1. The van der Waals surface area contributed by atoms with Crippen molar-refractivity contribution in [1.29, 1.82) is 0 Å². The Balaban J connectivity index is 1.04. The van der Waals surface area contributed by atoms with E-state index >= 15 is 0 Å². The largest absolute Gasteiger partial charge is 0.309 e. The van der Waals surface area contributed by atoms with Gasteiger partial charge in [-0.05, 0) is 94.7 Å². The van der Waals surface area contributed by atoms with E-state index in [1.165, 1.54) is 93.0 Å². The number of hydrogen-bond acceptors (Lipinski definition) is 0. The number of aromatic nitrogens is 3. The molecule has 256 valence electrons. The van der Waals surface area contributed by atoms with Crippen molar-refractivity contribution in [2.45, 2.75) is 0 Å². The summed E-state index contributed by atoms with van der Waals surface area (Å²) in [6.07, 6.45) is 0. The van der Waals surface area contributed by atoms with E-state index in [9.17, 15) is 0 Å². The summed E-state index contributed by atoms with van der Waals surface area (Å²) in [5.41, 5.74) is 13.1. The topological polar surface area (TPSA) is 14.8 Å². The molecule has 0 N–H and O–H groups in total. The van der Waals surface area contributed by atoms with Gasteiger partial charge in [-0.25, -0.2) is 0 Å². The van der Waals surface area contributed by atoms with Gasteiger partial charge in [-0.3, -0.25) is 0 Å². The third-order valence-corrected chi connectivity index (χ3v) is 11.6. The molecule has 3 heterocycles. The zero-order valence-electron chi connectivity index (χ0n) is 29.9. The van der Waals surface area contributed by atoms with Crippen LogP contribution in [0.3, 0.4) is 0 Å². The third kappa shape index (κ3) is 4.44. The van der Waals surface area contributed by atoms with E-state index in [4.69, 9.17) is 0 Å². The van der Waals surface area contributed by atoms with Crippen molar-refractivity contribution in [2.24, 2.45) is 0 Å². The monoisotopic (exact) mass is 699 g/mol. The number of fused-ring (bicyclic) bond motifs is 10. The molecular formula is C52H33N3. The molecule has 0 radical (unpaired) electrons. The molecule has 3 heteroatoms. The number of nitrogens with zero attached hydrogens (tertiary/aromatic N) is 3. The molecule has 0 saturated carbocycles. The molecule has 0 unspecified atom stereocenters. The van der Waals surface area contributed by atoms with Crippen molar-refractivity contribution in [3.05, 3.63) is 200 Å². The van der Waals surface area contributed by atoms with E-state index < -0.39 is 0 Å². The smallest absolute Gasteiger partial charge is 0.0562 e. The Morgan fingerprint density at radius 1 is 0.218 bits per heavy atom. The Bertz CT molecular complexity index is 3430. The van der Waals surface area contributed by atoms with Crippen molar-refractivity contribution in [2.75, 3.05) is 0 Å². The Kier molecular flexibility index (Phi) is 6.34. The molecule has 3 aromatic heterocycles. The molecule has 0 saturated heterocycles. The fraction of sp³-hybridized carbons (Fsp3) is 0. The third-order valence-electron chi connectivity index (χ3n) is 11.6. The lowest BCUT2D eigenvalue weighted by molar-refractivity contribution is 1.17. The highest BCUT2D eigenvalue weighted by Crippen LogP contribution is 2.40. The predicted octanol–water partition coefficient (Wildman–Crippen LogP) is 13.8. The minimum atomic E-state index is 1.14. The second kappa shape index (κ2) is 11.6. The van der Waals surface area contributed by atoms with Crippen molar-refractivity contribution in [3.63, 3.8) is 0 Å². The van der Waals surface area contributed by atoms with E-state index in [-0.39, 0.29) is 0 Å². The van der Waals surface area contributed by atoms with Crippen molar-refractivity contribution < 1.29 is 0 Å². The van der Waals surface area contributed by atoms with Crippen LogP contribution in [0.1, 0.15) is 0 Å². The van der Waals surface area contributed by atoms with Gasteiger partial charge in [-0.15, -0.1) is 0 Å². The minimum Gasteiger partial charge on any atom is -0.309 e. The van der Waals surface area contributed by atoms with E-state index in [1.54, 1.807) is 0 Å². The first-order valence-electron chi connectivity index (χ1n) is 18.9. The van der Waals surface area contributed by atoms with E-state index in [1.807, 2.05) is 0 Å². The maximum atomic E-state index is 2.45. The molecule has 0 aliphatic heterocycles. The first-order valence-corrected chi connectivity index (χ1v) is 18.9. The van der Waals surface area contributed by atoms with Crippen molar-refractivity contribution in [1.82, 2.24) is 13.7 Å². The lowest BCUT2D eigenvalue weighted by Crippen LogP contribution is -1.96. The minimum absolute atomic E-state index is 1.14. The normalized spacial score (nSPS) is 12.0. The number of benzene rings is 9. The summed E-state index contributed by atoms with van der Waals surface area (Å²) >= 11 is 0. The molecule has 9 aromatic carbocycles. The van der Waals surface area contributed by atoms with Crippen LogP contribution in [0, 0.1) is 0 Å². The molecule has 0 fully saturated rings. The molecule has 0 atom stereocenters. The molecule has 55 heavy (non-hydrogen) atoms. The molecule has 0 amide bonds. The number of rotatable bonds is 4. The van der Waals surface area contributed by atoms with E-state index in [0.29, 0.717) is 0 Å². The Labute approximate surface area is 317 Å². The van der Waals surface area contributed by atoms with Gasteiger partial charge in [0.15, 0.2) is 0 Å². The average Bonchev–Trinajstić information content (AvgIpc) is 3.88. The number of hydrogen-bond donors (Lipinski definition) is 0. The molecule has 0 aliphatic rings. The maximum absolute atomic E-state index is 2.45. The fourth-order valence-corrected chi connectivity index (χ4v) is 9.13. The van der Waals surface area contributed by atoms with Crippen LogP contribution >= 0.6 is 0 Å². The fourth-order valence-electron chi connectivity index (χ4n) is 9.13. The van der Waals surface area contributed by atoms with Crippen LogP contribution in [0.5, 0.6) is 0 Å². The Morgan fingerprint density at radius 2 is 0.673 bits per heavy atom. The van der Waals surface area contributed by atoms with E-state index in [0.717, 1.165) is 11.4 Å².